The number of hydrogen-bond donors (Lipinski definition) is 0. The van der Waals surface area contributed by atoms with Crippen LogP contribution in [0.4, 0.5) is 0 Å². The molecule has 0 aromatic heterocycles. The van der Waals surface area contributed by atoms with Gasteiger partial charge in [0.2, 0.25) is 0 Å². The Morgan fingerprint density at radius 2 is 1.50 bits per heavy atom. The third-order valence-electron chi connectivity index (χ3n) is 6.61. The van der Waals surface area contributed by atoms with Crippen molar-refractivity contribution < 1.29 is 0 Å². The van der Waals surface area contributed by atoms with E-state index in [1.165, 1.54) is 45.1 Å². The van der Waals surface area contributed by atoms with Crippen LogP contribution in [-0.2, 0) is 17.3 Å². The molecule has 0 N–H and O–H groups in total. The van der Waals surface area contributed by atoms with Crippen molar-refractivity contribution in [1.82, 2.24) is 0 Å². The summed E-state index contributed by atoms with van der Waals surface area (Å²) in [6, 6.07) is 11.8. The van der Waals surface area contributed by atoms with Gasteiger partial charge in [-0.05, 0) is 94.5 Å². The van der Waals surface area contributed by atoms with Crippen LogP contribution >= 0.6 is 15.9 Å². The molecule has 136 valence electrons. The van der Waals surface area contributed by atoms with E-state index in [9.17, 15) is 0 Å². The van der Waals surface area contributed by atoms with E-state index in [1.807, 2.05) is 0 Å². The van der Waals surface area contributed by atoms with E-state index in [4.69, 9.17) is 0 Å². The van der Waals surface area contributed by atoms with E-state index in [0.717, 1.165) is 12.8 Å². The number of halogens is 1. The Morgan fingerprint density at radius 3 is 2.19 bits per heavy atom. The standard InChI is InChI=1S/C25H29Br/c1-16-13-22-23(25(4,5)12-11-24(22,2)3)15-21(16)20-8-6-7-17-14-18(26)9-10-19(17)20/h8-10,13-15H,6-7,11-12H2,1-5H3. The van der Waals surface area contributed by atoms with Gasteiger partial charge in [-0.1, -0.05) is 67.9 Å². The summed E-state index contributed by atoms with van der Waals surface area (Å²) >= 11 is 3.64. The number of rotatable bonds is 1. The lowest BCUT2D eigenvalue weighted by molar-refractivity contribution is 0.331. The van der Waals surface area contributed by atoms with E-state index < -0.39 is 0 Å². The molecule has 0 aliphatic heterocycles. The van der Waals surface area contributed by atoms with Crippen molar-refractivity contribution in [3.05, 3.63) is 74.3 Å². The normalized spacial score (nSPS) is 20.2. The average molecular weight is 409 g/mol. The number of allylic oxidation sites excluding steroid dienone is 1. The number of benzene rings is 2. The Balaban J connectivity index is 1.91. The molecule has 0 unspecified atom stereocenters. The molecule has 0 saturated heterocycles. The first-order valence-corrected chi connectivity index (χ1v) is 10.6. The summed E-state index contributed by atoms with van der Waals surface area (Å²) in [7, 11) is 0. The molecule has 2 aliphatic carbocycles. The lowest BCUT2D eigenvalue weighted by Gasteiger charge is -2.42. The molecule has 0 amide bonds. The van der Waals surface area contributed by atoms with E-state index >= 15 is 0 Å². The highest BCUT2D eigenvalue weighted by Crippen LogP contribution is 2.48. The fourth-order valence-corrected chi connectivity index (χ4v) is 5.19. The molecule has 0 atom stereocenters. The zero-order chi connectivity index (χ0) is 18.7. The predicted octanol–water partition coefficient (Wildman–Crippen LogP) is 7.48. The van der Waals surface area contributed by atoms with E-state index in [-0.39, 0.29) is 10.8 Å². The Kier molecular flexibility index (Phi) is 4.23. The third kappa shape index (κ3) is 2.89. The lowest BCUT2D eigenvalue weighted by Crippen LogP contribution is -2.34. The highest BCUT2D eigenvalue weighted by atomic mass is 79.9. The molecular formula is C25H29Br. The fourth-order valence-electron chi connectivity index (χ4n) is 4.78. The minimum Gasteiger partial charge on any atom is -0.0757 e. The summed E-state index contributed by atoms with van der Waals surface area (Å²) in [4.78, 5) is 0. The van der Waals surface area contributed by atoms with Gasteiger partial charge in [0.15, 0.2) is 0 Å². The maximum absolute atomic E-state index is 3.64. The zero-order valence-corrected chi connectivity index (χ0v) is 18.3. The minimum absolute atomic E-state index is 0.255. The monoisotopic (exact) mass is 408 g/mol. The highest BCUT2D eigenvalue weighted by Gasteiger charge is 2.37. The van der Waals surface area contributed by atoms with E-state index in [1.54, 1.807) is 11.1 Å². The summed E-state index contributed by atoms with van der Waals surface area (Å²) in [6.07, 6.45) is 7.25. The van der Waals surface area contributed by atoms with Gasteiger partial charge in [-0.15, -0.1) is 0 Å². The number of hydrogen-bond acceptors (Lipinski definition) is 0. The van der Waals surface area contributed by atoms with Gasteiger partial charge in [0, 0.05) is 4.47 Å². The van der Waals surface area contributed by atoms with Gasteiger partial charge < -0.3 is 0 Å². The van der Waals surface area contributed by atoms with Gasteiger partial charge in [-0.2, -0.15) is 0 Å². The van der Waals surface area contributed by atoms with Crippen molar-refractivity contribution in [3.8, 4) is 0 Å². The van der Waals surface area contributed by atoms with E-state index in [2.05, 4.69) is 87.0 Å². The molecule has 26 heavy (non-hydrogen) atoms. The molecule has 0 fully saturated rings. The molecular weight excluding hydrogens is 380 g/mol. The van der Waals surface area contributed by atoms with Crippen LogP contribution < -0.4 is 0 Å². The number of aryl methyl sites for hydroxylation is 2. The Morgan fingerprint density at radius 1 is 0.846 bits per heavy atom. The largest absolute Gasteiger partial charge is 0.0757 e. The molecule has 0 saturated carbocycles. The predicted molar refractivity (Wildman–Crippen MR) is 116 cm³/mol. The Labute approximate surface area is 166 Å². The molecule has 4 rings (SSSR count). The molecule has 2 aromatic carbocycles. The summed E-state index contributed by atoms with van der Waals surface area (Å²) in [5, 5.41) is 0. The van der Waals surface area contributed by atoms with Crippen molar-refractivity contribution >= 4 is 21.5 Å². The SMILES string of the molecule is Cc1cc2c(cc1C1=CCCc3cc(Br)ccc31)C(C)(C)CCC2(C)C. The summed E-state index contributed by atoms with van der Waals surface area (Å²) in [5.41, 5.74) is 10.8. The molecule has 2 aromatic rings. The van der Waals surface area contributed by atoms with Crippen molar-refractivity contribution in [2.24, 2.45) is 0 Å². The van der Waals surface area contributed by atoms with E-state index in [0.29, 0.717) is 0 Å². The maximum atomic E-state index is 3.64. The molecule has 0 radical (unpaired) electrons. The van der Waals surface area contributed by atoms with Crippen LogP contribution in [0.5, 0.6) is 0 Å². The first-order chi connectivity index (χ1) is 12.2. The molecule has 0 heterocycles. The smallest absolute Gasteiger partial charge is 0.0178 e. The van der Waals surface area contributed by atoms with Crippen LogP contribution in [0.3, 0.4) is 0 Å². The maximum Gasteiger partial charge on any atom is 0.0178 e. The van der Waals surface area contributed by atoms with Crippen LogP contribution in [0, 0.1) is 6.92 Å². The summed E-state index contributed by atoms with van der Waals surface area (Å²) in [5.74, 6) is 0. The second-order valence-corrected chi connectivity index (χ2v) is 10.4. The third-order valence-corrected chi connectivity index (χ3v) is 7.10. The second-order valence-electron chi connectivity index (χ2n) is 9.44. The Bertz CT molecular complexity index is 912. The number of fused-ring (bicyclic) bond motifs is 2. The molecule has 0 nitrogen and oxygen atoms in total. The van der Waals surface area contributed by atoms with Crippen LogP contribution in [0.15, 0.2) is 40.9 Å². The summed E-state index contributed by atoms with van der Waals surface area (Å²) in [6.45, 7) is 11.9. The van der Waals surface area contributed by atoms with Gasteiger partial charge in [0.1, 0.15) is 0 Å². The van der Waals surface area contributed by atoms with Gasteiger partial charge in [0.25, 0.3) is 0 Å². The average Bonchev–Trinajstić information content (AvgIpc) is 2.58. The van der Waals surface area contributed by atoms with Crippen molar-refractivity contribution in [3.63, 3.8) is 0 Å². The Hall–Kier alpha value is -1.34. The van der Waals surface area contributed by atoms with Crippen molar-refractivity contribution in [2.45, 2.75) is 71.1 Å². The quantitative estimate of drug-likeness (QED) is 0.458. The van der Waals surface area contributed by atoms with Gasteiger partial charge in [0.05, 0.1) is 0 Å². The first-order valence-electron chi connectivity index (χ1n) is 9.84. The van der Waals surface area contributed by atoms with Gasteiger partial charge >= 0.3 is 0 Å². The molecule has 2 aliphatic rings. The summed E-state index contributed by atoms with van der Waals surface area (Å²) < 4.78 is 1.18. The van der Waals surface area contributed by atoms with Crippen molar-refractivity contribution in [1.29, 1.82) is 0 Å². The van der Waals surface area contributed by atoms with Gasteiger partial charge in [-0.3, -0.25) is 0 Å². The topological polar surface area (TPSA) is 0 Å². The molecule has 1 heteroatoms. The first kappa shape index (κ1) is 18.0. The van der Waals surface area contributed by atoms with Crippen LogP contribution in [0.2, 0.25) is 0 Å². The van der Waals surface area contributed by atoms with Crippen LogP contribution in [0.1, 0.15) is 80.3 Å². The second kappa shape index (κ2) is 6.09. The van der Waals surface area contributed by atoms with Gasteiger partial charge in [-0.25, -0.2) is 0 Å². The molecule has 0 spiro atoms. The minimum atomic E-state index is 0.255. The molecule has 0 bridgehead atoms. The van der Waals surface area contributed by atoms with Crippen molar-refractivity contribution in [2.75, 3.05) is 0 Å². The zero-order valence-electron chi connectivity index (χ0n) is 16.7. The lowest BCUT2D eigenvalue weighted by atomic mass is 9.62. The van der Waals surface area contributed by atoms with Crippen LogP contribution in [-0.4, -0.2) is 0 Å². The highest BCUT2D eigenvalue weighted by molar-refractivity contribution is 9.10. The van der Waals surface area contributed by atoms with Crippen LogP contribution in [0.25, 0.3) is 5.57 Å². The fraction of sp³-hybridized carbons (Fsp3) is 0.440.